The van der Waals surface area contributed by atoms with Crippen molar-refractivity contribution in [2.75, 3.05) is 0 Å². The minimum atomic E-state index is -0.560. The first-order chi connectivity index (χ1) is 14.2. The van der Waals surface area contributed by atoms with E-state index in [9.17, 15) is 9.59 Å². The maximum Gasteiger partial charge on any atom is 0.243 e. The minimum absolute atomic E-state index is 0.0374. The van der Waals surface area contributed by atoms with Gasteiger partial charge in [0.05, 0.1) is 0 Å². The van der Waals surface area contributed by atoms with Crippen LogP contribution in [0, 0.1) is 16.7 Å². The van der Waals surface area contributed by atoms with Crippen LogP contribution in [0.25, 0.3) is 10.9 Å². The van der Waals surface area contributed by atoms with E-state index >= 15 is 0 Å². The molecule has 4 aliphatic carbocycles. The normalized spacial score (nSPS) is 35.4. The standard InChI is InChI=1S/C25H33N3O2/c1-16(29)27-21(8-18-12-26-20-7-5-4-6-19(18)20)22(30)28-25-11-17-9-23(2,14-25)13-24(3,10-17)15-25/h4-7,12,17,21,26H,8-11,13-15H2,1-3H3,(H,27,29)(H,28,30)/t17?,21-,23-,24-,25?/m1/s1. The van der Waals surface area contributed by atoms with Crippen molar-refractivity contribution in [3.63, 3.8) is 0 Å². The van der Waals surface area contributed by atoms with Crippen molar-refractivity contribution < 1.29 is 9.59 Å². The zero-order valence-electron chi connectivity index (χ0n) is 18.3. The molecule has 5 nitrogen and oxygen atoms in total. The van der Waals surface area contributed by atoms with Gasteiger partial charge in [-0.15, -0.1) is 0 Å². The van der Waals surface area contributed by atoms with Crippen molar-refractivity contribution in [2.24, 2.45) is 16.7 Å². The lowest BCUT2D eigenvalue weighted by molar-refractivity contribution is -0.142. The number of benzene rings is 1. The van der Waals surface area contributed by atoms with Gasteiger partial charge >= 0.3 is 0 Å². The maximum atomic E-state index is 13.5. The van der Waals surface area contributed by atoms with Crippen LogP contribution >= 0.6 is 0 Å². The molecule has 0 unspecified atom stereocenters. The summed E-state index contributed by atoms with van der Waals surface area (Å²) in [5, 5.41) is 7.50. The number of rotatable bonds is 5. The summed E-state index contributed by atoms with van der Waals surface area (Å²) in [4.78, 5) is 28.7. The van der Waals surface area contributed by atoms with Crippen LogP contribution in [0.3, 0.4) is 0 Å². The molecule has 160 valence electrons. The fourth-order valence-electron chi connectivity index (χ4n) is 7.91. The molecule has 0 spiro atoms. The third-order valence-electron chi connectivity index (χ3n) is 7.81. The summed E-state index contributed by atoms with van der Waals surface area (Å²) in [6.07, 6.45) is 9.54. The fourth-order valence-corrected chi connectivity index (χ4v) is 7.91. The molecule has 1 aromatic heterocycles. The lowest BCUT2D eigenvalue weighted by Crippen LogP contribution is -2.67. The van der Waals surface area contributed by atoms with Crippen LogP contribution in [0.5, 0.6) is 0 Å². The van der Waals surface area contributed by atoms with Gasteiger partial charge in [-0.1, -0.05) is 32.0 Å². The second kappa shape index (κ2) is 6.60. The second-order valence-electron chi connectivity index (χ2n) is 11.2. The van der Waals surface area contributed by atoms with Gasteiger partial charge in [-0.05, 0) is 66.9 Å². The van der Waals surface area contributed by atoms with Crippen LogP contribution in [0.1, 0.15) is 64.9 Å². The zero-order chi connectivity index (χ0) is 21.1. The van der Waals surface area contributed by atoms with Crippen LogP contribution < -0.4 is 10.6 Å². The van der Waals surface area contributed by atoms with Crippen molar-refractivity contribution in [2.45, 2.75) is 77.3 Å². The molecule has 2 aromatic rings. The van der Waals surface area contributed by atoms with Gasteiger partial charge in [-0.3, -0.25) is 9.59 Å². The smallest absolute Gasteiger partial charge is 0.243 e. The van der Waals surface area contributed by atoms with E-state index in [1.165, 1.54) is 26.2 Å². The van der Waals surface area contributed by atoms with Crippen molar-refractivity contribution in [1.29, 1.82) is 0 Å². The molecule has 0 aliphatic heterocycles. The van der Waals surface area contributed by atoms with Crippen LogP contribution in [0.15, 0.2) is 30.5 Å². The molecule has 4 fully saturated rings. The number of para-hydroxylation sites is 1. The average molecular weight is 408 g/mol. The highest BCUT2D eigenvalue weighted by molar-refractivity contribution is 5.89. The predicted molar refractivity (Wildman–Crippen MR) is 118 cm³/mol. The molecule has 0 radical (unpaired) electrons. The number of hydrogen-bond donors (Lipinski definition) is 3. The molecule has 6 rings (SSSR count). The number of hydrogen-bond acceptors (Lipinski definition) is 2. The number of carbonyl (C=O) groups excluding carboxylic acids is 2. The molecule has 4 aliphatic rings. The Morgan fingerprint density at radius 1 is 1.10 bits per heavy atom. The first-order valence-electron chi connectivity index (χ1n) is 11.3. The van der Waals surface area contributed by atoms with Gasteiger partial charge in [0, 0.05) is 36.0 Å². The SMILES string of the molecule is CC(=O)N[C@H](Cc1c[nH]c2ccccc12)C(=O)NC12CC3C[C@@](C)(C1)C[C@@](C)(C3)C2. The highest BCUT2D eigenvalue weighted by Crippen LogP contribution is 2.66. The number of aromatic amines is 1. The van der Waals surface area contributed by atoms with Crippen molar-refractivity contribution in [3.05, 3.63) is 36.0 Å². The van der Waals surface area contributed by atoms with Gasteiger partial charge in [0.25, 0.3) is 0 Å². The average Bonchev–Trinajstić information content (AvgIpc) is 3.00. The van der Waals surface area contributed by atoms with Gasteiger partial charge in [-0.2, -0.15) is 0 Å². The highest BCUT2D eigenvalue weighted by atomic mass is 16.2. The summed E-state index contributed by atoms with van der Waals surface area (Å²) >= 11 is 0. The Bertz CT molecular complexity index is 991. The van der Waals surface area contributed by atoms with E-state index in [1.54, 1.807) is 0 Å². The largest absolute Gasteiger partial charge is 0.361 e. The summed E-state index contributed by atoms with van der Waals surface area (Å²) < 4.78 is 0. The molecule has 3 atom stereocenters. The lowest BCUT2D eigenvalue weighted by Gasteiger charge is -2.65. The molecular formula is C25H33N3O2. The van der Waals surface area contributed by atoms with E-state index in [4.69, 9.17) is 0 Å². The predicted octanol–water partition coefficient (Wildman–Crippen LogP) is 4.08. The lowest BCUT2D eigenvalue weighted by atomic mass is 9.43. The molecule has 1 heterocycles. The first kappa shape index (κ1) is 19.7. The number of nitrogens with one attached hydrogen (secondary N) is 3. The molecule has 4 bridgehead atoms. The Labute approximate surface area is 178 Å². The zero-order valence-corrected chi connectivity index (χ0v) is 18.3. The molecule has 0 saturated heterocycles. The molecule has 4 saturated carbocycles. The van der Waals surface area contributed by atoms with Gasteiger partial charge in [0.15, 0.2) is 0 Å². The second-order valence-corrected chi connectivity index (χ2v) is 11.2. The molecule has 2 amide bonds. The topological polar surface area (TPSA) is 74.0 Å². The Hall–Kier alpha value is -2.30. The highest BCUT2D eigenvalue weighted by Gasteiger charge is 2.60. The number of amides is 2. The number of carbonyl (C=O) groups is 2. The number of fused-ring (bicyclic) bond motifs is 1. The van der Waals surface area contributed by atoms with Crippen LogP contribution in [0.2, 0.25) is 0 Å². The summed E-state index contributed by atoms with van der Waals surface area (Å²) in [6, 6.07) is 7.53. The minimum Gasteiger partial charge on any atom is -0.361 e. The first-order valence-corrected chi connectivity index (χ1v) is 11.3. The molecular weight excluding hydrogens is 374 g/mol. The molecule has 1 aromatic carbocycles. The van der Waals surface area contributed by atoms with Gasteiger partial charge in [-0.25, -0.2) is 0 Å². The van der Waals surface area contributed by atoms with Crippen LogP contribution in [-0.4, -0.2) is 28.4 Å². The van der Waals surface area contributed by atoms with E-state index in [-0.39, 0.29) is 17.4 Å². The quantitative estimate of drug-likeness (QED) is 0.699. The van der Waals surface area contributed by atoms with Crippen LogP contribution in [-0.2, 0) is 16.0 Å². The number of aromatic nitrogens is 1. The molecule has 30 heavy (non-hydrogen) atoms. The summed E-state index contributed by atoms with van der Waals surface area (Å²) in [5.74, 6) is 0.508. The number of H-pyrrole nitrogens is 1. The van der Waals surface area contributed by atoms with E-state index in [0.29, 0.717) is 23.2 Å². The fraction of sp³-hybridized carbons (Fsp3) is 0.600. The van der Waals surface area contributed by atoms with E-state index in [1.807, 2.05) is 24.4 Å². The monoisotopic (exact) mass is 407 g/mol. The third kappa shape index (κ3) is 3.42. The molecule has 5 heteroatoms. The van der Waals surface area contributed by atoms with Gasteiger partial charge in [0.2, 0.25) is 11.8 Å². The van der Waals surface area contributed by atoms with Crippen molar-refractivity contribution in [3.8, 4) is 0 Å². The maximum absolute atomic E-state index is 13.5. The summed E-state index contributed by atoms with van der Waals surface area (Å²) in [6.45, 7) is 6.31. The Morgan fingerprint density at radius 3 is 2.47 bits per heavy atom. The van der Waals surface area contributed by atoms with E-state index in [0.717, 1.165) is 35.7 Å². The Balaban J connectivity index is 1.39. The van der Waals surface area contributed by atoms with Crippen LogP contribution in [0.4, 0.5) is 0 Å². The summed E-state index contributed by atoms with van der Waals surface area (Å²) in [5.41, 5.74) is 2.67. The Kier molecular flexibility index (Phi) is 4.32. The van der Waals surface area contributed by atoms with Crippen molar-refractivity contribution in [1.82, 2.24) is 15.6 Å². The van der Waals surface area contributed by atoms with Gasteiger partial charge < -0.3 is 15.6 Å². The third-order valence-corrected chi connectivity index (χ3v) is 7.81. The van der Waals surface area contributed by atoms with E-state index < -0.39 is 6.04 Å². The van der Waals surface area contributed by atoms with Crippen molar-refractivity contribution >= 4 is 22.7 Å². The van der Waals surface area contributed by atoms with Gasteiger partial charge in [0.1, 0.15) is 6.04 Å². The van der Waals surface area contributed by atoms with E-state index in [2.05, 4.69) is 35.5 Å². The molecule has 3 N–H and O–H groups in total. The summed E-state index contributed by atoms with van der Waals surface area (Å²) in [7, 11) is 0. The Morgan fingerprint density at radius 2 is 1.80 bits per heavy atom.